The van der Waals surface area contributed by atoms with E-state index in [1.54, 1.807) is 48.0 Å². The average molecular weight is 761 g/mol. The van der Waals surface area contributed by atoms with Crippen LogP contribution in [-0.2, 0) is 28.7 Å². The third-order valence-electron chi connectivity index (χ3n) is 10.8. The topological polar surface area (TPSA) is 173 Å². The molecule has 1 unspecified atom stereocenters. The number of hydrogen-bond donors (Lipinski definition) is 3. The van der Waals surface area contributed by atoms with Gasteiger partial charge in [0, 0.05) is 39.4 Å². The number of likely N-dealkylation sites (N-methyl/N-ethyl adjacent to an activating group) is 2. The van der Waals surface area contributed by atoms with E-state index in [0.717, 1.165) is 0 Å². The van der Waals surface area contributed by atoms with Gasteiger partial charge in [0.05, 0.1) is 56.3 Å². The zero-order valence-electron chi connectivity index (χ0n) is 34.9. The highest BCUT2D eigenvalue weighted by atomic mass is 16.5. The van der Waals surface area contributed by atoms with Crippen LogP contribution in [0.15, 0.2) is 24.3 Å². The number of nitrogens with one attached hydrogen (secondary N) is 2. The SMILES string of the molecule is CC[C@H](C)C([C@@H](CC(=O)N1C[C@@H](N)C[C@H]1[C@H](OC)[C@@H](C)C(=O)NCC(=O)c1cccc(OC)c1)OC)N(C)C(=O)[C@@H](NC(=O)[C@H](C(C)C)N(C)C)C(C)C. The van der Waals surface area contributed by atoms with Gasteiger partial charge in [-0.05, 0) is 50.4 Å². The van der Waals surface area contributed by atoms with Crippen LogP contribution in [0.3, 0.4) is 0 Å². The molecule has 14 nitrogen and oxygen atoms in total. The van der Waals surface area contributed by atoms with E-state index in [4.69, 9.17) is 19.9 Å². The molecular weight excluding hydrogens is 692 g/mol. The summed E-state index contributed by atoms with van der Waals surface area (Å²) in [6, 6.07) is 4.15. The standard InChI is InChI=1S/C40H68N6O8/c1-14-25(6)36(45(10)40(51)34(23(2)3)43-39(50)35(24(4)5)44(8)9)32(53-12)20-33(48)46-22-28(41)19-30(46)37(54-13)26(7)38(49)42-21-31(47)27-16-15-17-29(18-27)52-11/h15-18,23-26,28,30,32,34-37H,14,19-22,41H2,1-13H3,(H,42,49)(H,43,50)/t25-,26+,28-,30-,32+,34-,35-,36?,37+/m0/s1. The Balaban J connectivity index is 2.27. The van der Waals surface area contributed by atoms with Gasteiger partial charge in [0.1, 0.15) is 11.8 Å². The zero-order valence-corrected chi connectivity index (χ0v) is 34.9. The molecule has 4 N–H and O–H groups in total. The second-order valence-corrected chi connectivity index (χ2v) is 15.7. The van der Waals surface area contributed by atoms with Gasteiger partial charge in [-0.15, -0.1) is 0 Å². The molecule has 0 spiro atoms. The second-order valence-electron chi connectivity index (χ2n) is 15.7. The fraction of sp³-hybridized carbons (Fsp3) is 0.725. The Morgan fingerprint density at radius 2 is 1.59 bits per heavy atom. The number of Topliss-reactive ketones (excluding diaryl/α,β-unsaturated/α-hetero) is 1. The monoisotopic (exact) mass is 761 g/mol. The number of ether oxygens (including phenoxy) is 3. The summed E-state index contributed by atoms with van der Waals surface area (Å²) < 4.78 is 17.1. The number of hydrogen-bond acceptors (Lipinski definition) is 10. The first-order chi connectivity index (χ1) is 25.3. The van der Waals surface area contributed by atoms with Gasteiger partial charge in [0.25, 0.3) is 0 Å². The smallest absolute Gasteiger partial charge is 0.245 e. The summed E-state index contributed by atoms with van der Waals surface area (Å²) in [6.07, 6.45) is -0.321. The molecular formula is C40H68N6O8. The maximum atomic E-state index is 14.2. The number of benzene rings is 1. The van der Waals surface area contributed by atoms with Gasteiger partial charge < -0.3 is 40.4 Å². The first-order valence-corrected chi connectivity index (χ1v) is 19.1. The lowest BCUT2D eigenvalue weighted by atomic mass is 9.89. The minimum atomic E-state index is -0.787. The molecule has 14 heteroatoms. The van der Waals surface area contributed by atoms with Gasteiger partial charge in [-0.1, -0.05) is 67.0 Å². The van der Waals surface area contributed by atoms with Crippen molar-refractivity contribution in [3.8, 4) is 5.75 Å². The van der Waals surface area contributed by atoms with Crippen molar-refractivity contribution in [3.05, 3.63) is 29.8 Å². The molecule has 0 bridgehead atoms. The molecule has 4 amide bonds. The highest BCUT2D eigenvalue weighted by Crippen LogP contribution is 2.29. The number of ketones is 1. The molecule has 0 saturated carbocycles. The number of carbonyl (C=O) groups is 5. The van der Waals surface area contributed by atoms with Crippen molar-refractivity contribution in [2.24, 2.45) is 29.4 Å². The van der Waals surface area contributed by atoms with E-state index in [1.165, 1.54) is 21.3 Å². The van der Waals surface area contributed by atoms with Crippen LogP contribution in [-0.4, -0.2) is 142 Å². The molecule has 54 heavy (non-hydrogen) atoms. The molecule has 2 rings (SSSR count). The summed E-state index contributed by atoms with van der Waals surface area (Å²) in [5, 5.41) is 5.74. The lowest BCUT2D eigenvalue weighted by Crippen LogP contribution is -2.59. The largest absolute Gasteiger partial charge is 0.497 e. The molecule has 1 aromatic rings. The van der Waals surface area contributed by atoms with Crippen LogP contribution in [0.2, 0.25) is 0 Å². The van der Waals surface area contributed by atoms with Crippen LogP contribution in [0.25, 0.3) is 0 Å². The quantitative estimate of drug-likeness (QED) is 0.158. The maximum Gasteiger partial charge on any atom is 0.245 e. The molecule has 1 fully saturated rings. The van der Waals surface area contributed by atoms with E-state index >= 15 is 0 Å². The summed E-state index contributed by atoms with van der Waals surface area (Å²) in [5.74, 6) is -1.80. The minimum Gasteiger partial charge on any atom is -0.497 e. The first-order valence-electron chi connectivity index (χ1n) is 19.1. The molecule has 1 aliphatic rings. The van der Waals surface area contributed by atoms with Crippen LogP contribution < -0.4 is 21.1 Å². The predicted octanol–water partition coefficient (Wildman–Crippen LogP) is 2.58. The molecule has 0 aromatic heterocycles. The predicted molar refractivity (Wildman–Crippen MR) is 209 cm³/mol. The van der Waals surface area contributed by atoms with Crippen LogP contribution in [0.5, 0.6) is 5.75 Å². The fourth-order valence-corrected chi connectivity index (χ4v) is 7.69. The molecule has 9 atom stereocenters. The van der Waals surface area contributed by atoms with Gasteiger partial charge >= 0.3 is 0 Å². The summed E-state index contributed by atoms with van der Waals surface area (Å²) in [6.45, 7) is 13.5. The van der Waals surface area contributed by atoms with Crippen LogP contribution >= 0.6 is 0 Å². The van der Waals surface area contributed by atoms with Crippen molar-refractivity contribution in [1.82, 2.24) is 25.3 Å². The molecule has 1 aromatic carbocycles. The highest BCUT2D eigenvalue weighted by Gasteiger charge is 2.45. The molecule has 306 valence electrons. The van der Waals surface area contributed by atoms with Gasteiger partial charge in [-0.25, -0.2) is 0 Å². The van der Waals surface area contributed by atoms with E-state index < -0.39 is 48.2 Å². The Labute approximate surface area is 323 Å². The number of methoxy groups -OCH3 is 3. The third-order valence-corrected chi connectivity index (χ3v) is 10.8. The van der Waals surface area contributed by atoms with Crippen LogP contribution in [0.4, 0.5) is 0 Å². The van der Waals surface area contributed by atoms with Crippen molar-refractivity contribution in [2.45, 2.75) is 110 Å². The Hall–Kier alpha value is -3.59. The number of amides is 4. The summed E-state index contributed by atoms with van der Waals surface area (Å²) in [4.78, 5) is 73.2. The van der Waals surface area contributed by atoms with Crippen molar-refractivity contribution in [2.75, 3.05) is 55.6 Å². The van der Waals surface area contributed by atoms with Crippen molar-refractivity contribution in [3.63, 3.8) is 0 Å². The third kappa shape index (κ3) is 12.0. The summed E-state index contributed by atoms with van der Waals surface area (Å²) in [7, 11) is 9.93. The molecule has 0 aliphatic carbocycles. The van der Waals surface area contributed by atoms with Crippen molar-refractivity contribution in [1.29, 1.82) is 0 Å². The number of likely N-dealkylation sites (tertiary alicyclic amines) is 1. The summed E-state index contributed by atoms with van der Waals surface area (Å²) in [5.41, 5.74) is 6.83. The maximum absolute atomic E-state index is 14.2. The Morgan fingerprint density at radius 1 is 0.944 bits per heavy atom. The van der Waals surface area contributed by atoms with Gasteiger partial charge in [0.15, 0.2) is 5.78 Å². The lowest BCUT2D eigenvalue weighted by Gasteiger charge is -2.41. The number of nitrogens with two attached hydrogens (primary N) is 1. The molecule has 1 aliphatic heterocycles. The molecule has 0 radical (unpaired) electrons. The van der Waals surface area contributed by atoms with Crippen LogP contribution in [0, 0.1) is 23.7 Å². The number of rotatable bonds is 21. The van der Waals surface area contributed by atoms with Crippen molar-refractivity contribution < 1.29 is 38.2 Å². The molecule has 1 saturated heterocycles. The Morgan fingerprint density at radius 3 is 2.11 bits per heavy atom. The minimum absolute atomic E-state index is 0.0314. The van der Waals surface area contributed by atoms with Crippen molar-refractivity contribution >= 4 is 29.4 Å². The van der Waals surface area contributed by atoms with Gasteiger partial charge in [-0.2, -0.15) is 0 Å². The number of nitrogens with zero attached hydrogens (tertiary/aromatic N) is 3. The lowest BCUT2D eigenvalue weighted by molar-refractivity contribution is -0.148. The van der Waals surface area contributed by atoms with Gasteiger partial charge in [0.2, 0.25) is 23.6 Å². The highest BCUT2D eigenvalue weighted by molar-refractivity contribution is 5.99. The van der Waals surface area contributed by atoms with E-state index in [1.807, 2.05) is 60.5 Å². The van der Waals surface area contributed by atoms with Crippen LogP contribution in [0.1, 0.15) is 78.1 Å². The Kier molecular flexibility index (Phi) is 18.5. The zero-order chi connectivity index (χ0) is 41.0. The van der Waals surface area contributed by atoms with E-state index in [9.17, 15) is 24.0 Å². The first kappa shape index (κ1) is 46.6. The van der Waals surface area contributed by atoms with E-state index in [-0.39, 0.29) is 66.8 Å². The second kappa shape index (κ2) is 21.5. The normalized spacial score (nSPS) is 19.8. The van der Waals surface area contributed by atoms with Gasteiger partial charge in [-0.3, -0.25) is 28.9 Å². The van der Waals surface area contributed by atoms with E-state index in [2.05, 4.69) is 10.6 Å². The molecule has 1 heterocycles. The number of carbonyl (C=O) groups excluding carboxylic acids is 5. The Bertz CT molecular complexity index is 1400. The fourth-order valence-electron chi connectivity index (χ4n) is 7.69. The van der Waals surface area contributed by atoms with E-state index in [0.29, 0.717) is 24.2 Å². The average Bonchev–Trinajstić information content (AvgIpc) is 3.52. The summed E-state index contributed by atoms with van der Waals surface area (Å²) >= 11 is 0.